The van der Waals surface area contributed by atoms with Crippen LogP contribution in [0.3, 0.4) is 0 Å². The Bertz CT molecular complexity index is 1600. The van der Waals surface area contributed by atoms with Gasteiger partial charge in [-0.15, -0.1) is 0 Å². The van der Waals surface area contributed by atoms with Crippen molar-refractivity contribution in [1.29, 1.82) is 5.26 Å². The van der Waals surface area contributed by atoms with Crippen LogP contribution in [0.15, 0.2) is 53.7 Å². The fourth-order valence-electron chi connectivity index (χ4n) is 4.00. The number of alkyl halides is 2. The van der Waals surface area contributed by atoms with Crippen molar-refractivity contribution < 1.29 is 17.2 Å². The molecule has 1 aromatic carbocycles. The summed E-state index contributed by atoms with van der Waals surface area (Å²) < 4.78 is 53.4. The van der Waals surface area contributed by atoms with E-state index in [9.17, 15) is 22.5 Å². The van der Waals surface area contributed by atoms with Crippen molar-refractivity contribution in [3.8, 4) is 28.7 Å². The fourth-order valence-corrected chi connectivity index (χ4v) is 5.06. The molecule has 4 aromatic rings. The average molecular weight is 494 g/mol. The van der Waals surface area contributed by atoms with E-state index >= 15 is 0 Å². The molecule has 0 spiro atoms. The van der Waals surface area contributed by atoms with E-state index in [1.165, 1.54) is 13.0 Å². The van der Waals surface area contributed by atoms with Gasteiger partial charge in [-0.05, 0) is 36.1 Å². The van der Waals surface area contributed by atoms with E-state index < -0.39 is 21.2 Å². The lowest BCUT2D eigenvalue weighted by Crippen LogP contribution is -2.08. The quantitative estimate of drug-likeness (QED) is 0.398. The molecule has 1 fully saturated rings. The molecule has 0 amide bonds. The number of sulfone groups is 1. The number of imidazole rings is 1. The number of pyridine rings is 2. The molecule has 0 saturated heterocycles. The molecule has 1 saturated carbocycles. The average Bonchev–Trinajstić information content (AvgIpc) is 3.54. The van der Waals surface area contributed by atoms with Crippen molar-refractivity contribution in [3.63, 3.8) is 0 Å². The minimum absolute atomic E-state index is 0.0163. The van der Waals surface area contributed by atoms with E-state index in [0.29, 0.717) is 5.56 Å². The van der Waals surface area contributed by atoms with Crippen molar-refractivity contribution in [2.45, 2.75) is 42.9 Å². The summed E-state index contributed by atoms with van der Waals surface area (Å²) in [5.41, 5.74) is 2.14. The van der Waals surface area contributed by atoms with E-state index in [1.54, 1.807) is 12.3 Å². The van der Waals surface area contributed by atoms with Gasteiger partial charge in [0.1, 0.15) is 5.69 Å². The monoisotopic (exact) mass is 493 g/mol. The largest absolute Gasteiger partial charge is 0.335 e. The van der Waals surface area contributed by atoms with Crippen LogP contribution < -0.4 is 0 Å². The van der Waals surface area contributed by atoms with Gasteiger partial charge in [-0.1, -0.05) is 31.2 Å². The second-order valence-corrected chi connectivity index (χ2v) is 11.1. The minimum atomic E-state index is -3.71. The highest BCUT2D eigenvalue weighted by molar-refractivity contribution is 7.91. The predicted molar refractivity (Wildman–Crippen MR) is 126 cm³/mol. The summed E-state index contributed by atoms with van der Waals surface area (Å²) in [5, 5.41) is 9.42. The number of aromatic nitrogens is 4. The molecule has 0 bridgehead atoms. The van der Waals surface area contributed by atoms with Crippen LogP contribution in [0.5, 0.6) is 0 Å². The summed E-state index contributed by atoms with van der Waals surface area (Å²) in [6, 6.07) is 12.6. The standard InChI is InChI=1S/C25H21F2N5O2S/c1-3-35(33,34)20-10-16(15-4-6-17(7-5-15)25(14-28)8-9-25)12-29-21(20)23-31-19-11-18(24(2,26)27)13-30-22(19)32-23/h4-7,10-13H,3,8-9H2,1-2H3,(H,30,31,32). The zero-order valence-corrected chi connectivity index (χ0v) is 19.8. The van der Waals surface area contributed by atoms with Crippen molar-refractivity contribution in [3.05, 3.63) is 59.9 Å². The number of hydrogen-bond acceptors (Lipinski definition) is 6. The highest BCUT2D eigenvalue weighted by Crippen LogP contribution is 2.47. The minimum Gasteiger partial charge on any atom is -0.335 e. The molecule has 3 aromatic heterocycles. The second-order valence-electron chi connectivity index (χ2n) is 8.81. The third-order valence-corrected chi connectivity index (χ3v) is 8.11. The number of hydrogen-bond donors (Lipinski definition) is 1. The molecular weight excluding hydrogens is 472 g/mol. The summed E-state index contributed by atoms with van der Waals surface area (Å²) in [6.07, 6.45) is 4.26. The SMILES string of the molecule is CCS(=O)(=O)c1cc(-c2ccc(C3(C#N)CC3)cc2)cnc1-c1nc2ncc(C(C)(F)F)cc2[nH]1. The van der Waals surface area contributed by atoms with Crippen LogP contribution in [-0.2, 0) is 21.2 Å². The molecule has 178 valence electrons. The maximum atomic E-state index is 13.7. The number of nitrogens with one attached hydrogen (secondary N) is 1. The normalized spacial score (nSPS) is 15.2. The van der Waals surface area contributed by atoms with Crippen LogP contribution in [0.4, 0.5) is 8.78 Å². The Balaban J connectivity index is 1.59. The van der Waals surface area contributed by atoms with Crippen LogP contribution in [0.25, 0.3) is 33.8 Å². The van der Waals surface area contributed by atoms with Gasteiger partial charge in [0.25, 0.3) is 5.92 Å². The number of aromatic amines is 1. The molecule has 3 heterocycles. The van der Waals surface area contributed by atoms with Crippen LogP contribution >= 0.6 is 0 Å². The van der Waals surface area contributed by atoms with Crippen molar-refractivity contribution in [2.24, 2.45) is 0 Å². The van der Waals surface area contributed by atoms with Gasteiger partial charge < -0.3 is 4.98 Å². The Morgan fingerprint density at radius 1 is 1.11 bits per heavy atom. The highest BCUT2D eigenvalue weighted by Gasteiger charge is 2.44. The van der Waals surface area contributed by atoms with Crippen molar-refractivity contribution in [1.82, 2.24) is 19.9 Å². The van der Waals surface area contributed by atoms with E-state index in [0.717, 1.165) is 37.1 Å². The summed E-state index contributed by atoms with van der Waals surface area (Å²) in [7, 11) is -3.71. The van der Waals surface area contributed by atoms with Crippen molar-refractivity contribution in [2.75, 3.05) is 5.75 Å². The van der Waals surface area contributed by atoms with E-state index in [1.807, 2.05) is 24.3 Å². The van der Waals surface area contributed by atoms with Gasteiger partial charge in [-0.25, -0.2) is 27.2 Å². The molecule has 1 N–H and O–H groups in total. The lowest BCUT2D eigenvalue weighted by atomic mass is 9.95. The maximum Gasteiger partial charge on any atom is 0.272 e. The molecule has 1 aliphatic carbocycles. The van der Waals surface area contributed by atoms with Crippen LogP contribution in [0, 0.1) is 11.3 Å². The third kappa shape index (κ3) is 4.06. The maximum absolute atomic E-state index is 13.7. The number of benzene rings is 1. The number of H-pyrrole nitrogens is 1. The molecule has 5 rings (SSSR count). The predicted octanol–water partition coefficient (Wildman–Crippen LogP) is 5.15. The number of halogens is 2. The van der Waals surface area contributed by atoms with Crippen LogP contribution in [0.1, 0.15) is 37.8 Å². The summed E-state index contributed by atoms with van der Waals surface area (Å²) in [5.74, 6) is -3.10. The molecule has 10 heteroatoms. The molecular formula is C25H21F2N5O2S. The Morgan fingerprint density at radius 3 is 2.43 bits per heavy atom. The second kappa shape index (κ2) is 7.92. The molecule has 1 aliphatic rings. The van der Waals surface area contributed by atoms with Gasteiger partial charge in [0, 0.05) is 30.4 Å². The van der Waals surface area contributed by atoms with Gasteiger partial charge in [-0.2, -0.15) is 5.26 Å². The first-order chi connectivity index (χ1) is 16.6. The number of fused-ring (bicyclic) bond motifs is 1. The van der Waals surface area contributed by atoms with Gasteiger partial charge >= 0.3 is 0 Å². The van der Waals surface area contributed by atoms with Crippen LogP contribution in [-0.4, -0.2) is 34.1 Å². The topological polar surface area (TPSA) is 112 Å². The number of nitriles is 1. The van der Waals surface area contributed by atoms with E-state index in [2.05, 4.69) is 26.0 Å². The zero-order chi connectivity index (χ0) is 25.0. The lowest BCUT2D eigenvalue weighted by Gasteiger charge is -2.11. The first-order valence-corrected chi connectivity index (χ1v) is 12.7. The van der Waals surface area contributed by atoms with Gasteiger partial charge in [0.2, 0.25) is 0 Å². The Hall–Kier alpha value is -3.71. The lowest BCUT2D eigenvalue weighted by molar-refractivity contribution is 0.0173. The summed E-state index contributed by atoms with van der Waals surface area (Å²) in [6.45, 7) is 2.31. The molecule has 0 radical (unpaired) electrons. The first-order valence-electron chi connectivity index (χ1n) is 11.1. The molecule has 35 heavy (non-hydrogen) atoms. The third-order valence-electron chi connectivity index (χ3n) is 6.37. The Kier molecular flexibility index (Phi) is 5.21. The Labute approximate surface area is 200 Å². The molecule has 7 nitrogen and oxygen atoms in total. The fraction of sp³-hybridized carbons (Fsp3) is 0.280. The van der Waals surface area contributed by atoms with Gasteiger partial charge in [0.15, 0.2) is 21.3 Å². The summed E-state index contributed by atoms with van der Waals surface area (Å²) in [4.78, 5) is 15.6. The van der Waals surface area contributed by atoms with Gasteiger partial charge in [0.05, 0.1) is 27.6 Å². The number of nitrogens with zero attached hydrogens (tertiary/aromatic N) is 4. The molecule has 0 unspecified atom stereocenters. The highest BCUT2D eigenvalue weighted by atomic mass is 32.2. The Morgan fingerprint density at radius 2 is 1.83 bits per heavy atom. The molecule has 0 atom stereocenters. The van der Waals surface area contributed by atoms with Crippen molar-refractivity contribution >= 4 is 21.0 Å². The summed E-state index contributed by atoms with van der Waals surface area (Å²) >= 11 is 0. The van der Waals surface area contributed by atoms with Crippen LogP contribution in [0.2, 0.25) is 0 Å². The molecule has 0 aliphatic heterocycles. The van der Waals surface area contributed by atoms with Gasteiger partial charge in [-0.3, -0.25) is 4.98 Å². The smallest absolute Gasteiger partial charge is 0.272 e. The number of rotatable bonds is 6. The van der Waals surface area contributed by atoms with E-state index in [4.69, 9.17) is 0 Å². The van der Waals surface area contributed by atoms with E-state index in [-0.39, 0.29) is 38.9 Å². The zero-order valence-electron chi connectivity index (χ0n) is 19.0. The first kappa shape index (κ1) is 23.1.